The van der Waals surface area contributed by atoms with Crippen molar-refractivity contribution in [2.24, 2.45) is 0 Å². The van der Waals surface area contributed by atoms with E-state index >= 15 is 0 Å². The molecule has 0 saturated carbocycles. The molecule has 0 aliphatic heterocycles. The maximum Gasteiger partial charge on any atom is 0.143 e. The first-order valence-electron chi connectivity index (χ1n) is 20.0. The normalized spacial score (nSPS) is 13.1. The van der Waals surface area contributed by atoms with Gasteiger partial charge in [-0.05, 0) is 144 Å². The fourth-order valence-corrected chi connectivity index (χ4v) is 10.6. The van der Waals surface area contributed by atoms with Crippen molar-refractivity contribution in [3.63, 3.8) is 0 Å². The summed E-state index contributed by atoms with van der Waals surface area (Å²) in [4.78, 5) is 2.33. The second-order valence-electron chi connectivity index (χ2n) is 16.1. The lowest BCUT2D eigenvalue weighted by atomic mass is 9.80. The van der Waals surface area contributed by atoms with E-state index in [9.17, 15) is 0 Å². The summed E-state index contributed by atoms with van der Waals surface area (Å²) in [5, 5.41) is 10.5. The highest BCUT2D eigenvalue weighted by Crippen LogP contribution is 2.53. The molecule has 0 radical (unpaired) electrons. The molecule has 11 aromatic rings. The monoisotopic (exact) mass is 759 g/mol. The summed E-state index contributed by atoms with van der Waals surface area (Å²) in [6.45, 7) is 4.75. The van der Waals surface area contributed by atoms with Gasteiger partial charge in [-0.25, -0.2) is 0 Å². The number of thiophene rings is 1. The Bertz CT molecular complexity index is 3370. The van der Waals surface area contributed by atoms with Gasteiger partial charge in [0.05, 0.1) is 0 Å². The zero-order valence-corrected chi connectivity index (χ0v) is 33.0. The molecule has 0 unspecified atom stereocenters. The van der Waals surface area contributed by atoms with Gasteiger partial charge in [-0.2, -0.15) is 0 Å². The number of fused-ring (bicyclic) bond motifs is 11. The van der Waals surface area contributed by atoms with Gasteiger partial charge in [0.15, 0.2) is 0 Å². The van der Waals surface area contributed by atoms with Crippen LogP contribution in [0.1, 0.15) is 25.0 Å². The maximum absolute atomic E-state index is 6.87. The van der Waals surface area contributed by atoms with E-state index in [2.05, 4.69) is 206 Å². The Kier molecular flexibility index (Phi) is 7.18. The molecule has 0 spiro atoms. The number of anilines is 3. The van der Waals surface area contributed by atoms with Crippen LogP contribution in [0.2, 0.25) is 0 Å². The van der Waals surface area contributed by atoms with Crippen molar-refractivity contribution in [3.8, 4) is 33.4 Å². The minimum absolute atomic E-state index is 0.129. The lowest BCUT2D eigenvalue weighted by Gasteiger charge is -2.26. The molecule has 1 aliphatic rings. The molecule has 9 aromatic carbocycles. The van der Waals surface area contributed by atoms with Gasteiger partial charge in [0.25, 0.3) is 0 Å². The molecule has 274 valence electrons. The van der Waals surface area contributed by atoms with Gasteiger partial charge in [-0.15, -0.1) is 11.3 Å². The average molecular weight is 760 g/mol. The molecule has 0 fully saturated rings. The van der Waals surface area contributed by atoms with Crippen LogP contribution in [0.4, 0.5) is 17.1 Å². The Morgan fingerprint density at radius 1 is 0.466 bits per heavy atom. The molecule has 2 heterocycles. The van der Waals surface area contributed by atoms with Gasteiger partial charge in [0, 0.05) is 43.3 Å². The number of hydrogen-bond donors (Lipinski definition) is 0. The third-order valence-corrected chi connectivity index (χ3v) is 13.4. The van der Waals surface area contributed by atoms with Crippen LogP contribution in [0.15, 0.2) is 192 Å². The quantitative estimate of drug-likeness (QED) is 0.163. The first kappa shape index (κ1) is 33.2. The molecule has 58 heavy (non-hydrogen) atoms. The minimum atomic E-state index is -0.129. The van der Waals surface area contributed by atoms with Crippen molar-refractivity contribution < 1.29 is 4.42 Å². The van der Waals surface area contributed by atoms with E-state index in [1.54, 1.807) is 11.3 Å². The molecular formula is C55H37NOS. The van der Waals surface area contributed by atoms with E-state index in [1.165, 1.54) is 65.2 Å². The van der Waals surface area contributed by atoms with Crippen LogP contribution in [-0.2, 0) is 5.41 Å². The molecule has 1 aliphatic carbocycles. The van der Waals surface area contributed by atoms with Crippen LogP contribution in [0.25, 0.3) is 87.0 Å². The Labute approximate surface area is 340 Å². The minimum Gasteiger partial charge on any atom is -0.455 e. The molecular weight excluding hydrogens is 723 g/mol. The molecule has 3 heteroatoms. The Balaban J connectivity index is 1.18. The summed E-state index contributed by atoms with van der Waals surface area (Å²) in [7, 11) is 0. The highest BCUT2D eigenvalue weighted by Gasteiger charge is 2.35. The number of nitrogens with zero attached hydrogens (tertiary/aromatic N) is 1. The van der Waals surface area contributed by atoms with Gasteiger partial charge >= 0.3 is 0 Å². The zero-order valence-electron chi connectivity index (χ0n) is 32.2. The standard InChI is InChI=1S/C55H37NOS/c1-55(2)47-19-11-9-17-40(47)41-26-23-36(32-48(41)55)52-46-33-50-35(29-30-58-50)31-45(46)53-44(28-27-43-42-18-10-12-20-49(42)57-54(43)53)51(52)34-21-24-39(25-22-34)56(37-13-5-3-6-14-37)38-15-7-4-8-16-38/h3-33H,1-2H3. The summed E-state index contributed by atoms with van der Waals surface area (Å²) in [5.74, 6) is 0. The van der Waals surface area contributed by atoms with Crippen LogP contribution in [-0.4, -0.2) is 0 Å². The fraction of sp³-hybridized carbons (Fsp3) is 0.0545. The van der Waals surface area contributed by atoms with Crippen LogP contribution in [0.5, 0.6) is 0 Å². The Morgan fingerprint density at radius 2 is 1.10 bits per heavy atom. The lowest BCUT2D eigenvalue weighted by Crippen LogP contribution is -2.14. The summed E-state index contributed by atoms with van der Waals surface area (Å²) >= 11 is 1.80. The number of benzene rings is 9. The summed E-state index contributed by atoms with van der Waals surface area (Å²) in [5.41, 5.74) is 15.3. The third-order valence-electron chi connectivity index (χ3n) is 12.5. The molecule has 0 atom stereocenters. The van der Waals surface area contributed by atoms with Crippen LogP contribution in [0, 0.1) is 0 Å². The Morgan fingerprint density at radius 3 is 1.90 bits per heavy atom. The van der Waals surface area contributed by atoms with E-state index in [-0.39, 0.29) is 5.41 Å². The van der Waals surface area contributed by atoms with Gasteiger partial charge in [-0.3, -0.25) is 0 Å². The summed E-state index contributed by atoms with van der Waals surface area (Å²) < 4.78 is 8.15. The molecule has 2 aromatic heterocycles. The third kappa shape index (κ3) is 4.84. The van der Waals surface area contributed by atoms with Crippen molar-refractivity contribution in [1.82, 2.24) is 0 Å². The predicted octanol–water partition coefficient (Wildman–Crippen LogP) is 16.2. The maximum atomic E-state index is 6.87. The molecule has 2 nitrogen and oxygen atoms in total. The van der Waals surface area contributed by atoms with Crippen molar-refractivity contribution >= 4 is 82.0 Å². The van der Waals surface area contributed by atoms with Gasteiger partial charge in [0.2, 0.25) is 0 Å². The smallest absolute Gasteiger partial charge is 0.143 e. The van der Waals surface area contributed by atoms with E-state index in [0.717, 1.165) is 50.0 Å². The summed E-state index contributed by atoms with van der Waals surface area (Å²) in [6.07, 6.45) is 0. The van der Waals surface area contributed by atoms with Crippen molar-refractivity contribution in [2.45, 2.75) is 19.3 Å². The van der Waals surface area contributed by atoms with Crippen molar-refractivity contribution in [3.05, 3.63) is 198 Å². The number of furan rings is 1. The van der Waals surface area contributed by atoms with Crippen LogP contribution >= 0.6 is 11.3 Å². The van der Waals surface area contributed by atoms with Gasteiger partial charge < -0.3 is 9.32 Å². The Hall–Kier alpha value is -6.94. The van der Waals surface area contributed by atoms with E-state index in [4.69, 9.17) is 4.42 Å². The zero-order chi connectivity index (χ0) is 38.5. The van der Waals surface area contributed by atoms with Crippen LogP contribution in [0.3, 0.4) is 0 Å². The SMILES string of the molecule is CC1(C)c2ccccc2-c2ccc(-c3c(-c4ccc(N(c5ccccc5)c5ccccc5)cc4)c4ccc5c6ccccc6oc5c4c4cc5ccsc5cc34)cc21. The van der Waals surface area contributed by atoms with Crippen molar-refractivity contribution in [2.75, 3.05) is 4.90 Å². The molecule has 0 amide bonds. The average Bonchev–Trinajstić information content (AvgIpc) is 3.96. The van der Waals surface area contributed by atoms with Gasteiger partial charge in [0.1, 0.15) is 11.2 Å². The van der Waals surface area contributed by atoms with Crippen molar-refractivity contribution in [1.29, 1.82) is 0 Å². The summed E-state index contributed by atoms with van der Waals surface area (Å²) in [6, 6.07) is 66.7. The van der Waals surface area contributed by atoms with E-state index in [1.807, 2.05) is 0 Å². The van der Waals surface area contributed by atoms with E-state index in [0.29, 0.717) is 0 Å². The molecule has 0 N–H and O–H groups in total. The number of para-hydroxylation sites is 3. The molecule has 12 rings (SSSR count). The molecule has 0 bridgehead atoms. The number of hydrogen-bond acceptors (Lipinski definition) is 3. The number of rotatable bonds is 5. The topological polar surface area (TPSA) is 16.4 Å². The largest absolute Gasteiger partial charge is 0.455 e. The van der Waals surface area contributed by atoms with Crippen LogP contribution < -0.4 is 4.90 Å². The second kappa shape index (κ2) is 12.5. The second-order valence-corrected chi connectivity index (χ2v) is 17.0. The highest BCUT2D eigenvalue weighted by molar-refractivity contribution is 7.17. The highest BCUT2D eigenvalue weighted by atomic mass is 32.1. The molecule has 0 saturated heterocycles. The predicted molar refractivity (Wildman–Crippen MR) is 247 cm³/mol. The first-order valence-corrected chi connectivity index (χ1v) is 20.9. The van der Waals surface area contributed by atoms with Gasteiger partial charge in [-0.1, -0.05) is 123 Å². The fourth-order valence-electron chi connectivity index (χ4n) is 9.80. The van der Waals surface area contributed by atoms with E-state index < -0.39 is 0 Å². The lowest BCUT2D eigenvalue weighted by molar-refractivity contribution is 0.660. The first-order chi connectivity index (χ1) is 28.5.